The van der Waals surface area contributed by atoms with Crippen LogP contribution >= 0.6 is 0 Å². The van der Waals surface area contributed by atoms with Gasteiger partial charge in [0.15, 0.2) is 4.90 Å². The molecule has 0 unspecified atom stereocenters. The first kappa shape index (κ1) is 25.7. The second-order valence-corrected chi connectivity index (χ2v) is 9.15. The predicted octanol–water partition coefficient (Wildman–Crippen LogP) is -1.90. The van der Waals surface area contributed by atoms with Gasteiger partial charge in [0.25, 0.3) is 15.7 Å². The van der Waals surface area contributed by atoms with Gasteiger partial charge in [-0.05, 0) is 18.6 Å². The van der Waals surface area contributed by atoms with Crippen molar-refractivity contribution in [3.05, 3.63) is 70.3 Å². The molecule has 1 saturated heterocycles. The molecule has 3 rings (SSSR count). The van der Waals surface area contributed by atoms with Crippen molar-refractivity contribution in [3.63, 3.8) is 0 Å². The van der Waals surface area contributed by atoms with Crippen LogP contribution in [0.1, 0.15) is 18.9 Å². The van der Waals surface area contributed by atoms with Crippen molar-refractivity contribution in [2.24, 2.45) is 0 Å². The molecule has 1 aliphatic rings. The molecule has 174 valence electrons. The molecule has 0 radical (unpaired) electrons. The predicted molar refractivity (Wildman–Crippen MR) is 113 cm³/mol. The van der Waals surface area contributed by atoms with Crippen molar-refractivity contribution < 1.29 is 40.6 Å². The molecule has 1 aliphatic heterocycles. The number of carbonyl (C=O) groups is 1. The molecule has 2 aromatic carbocycles. The lowest BCUT2D eigenvalue weighted by Gasteiger charge is -2.38. The summed E-state index contributed by atoms with van der Waals surface area (Å²) >= 11 is 0. The lowest BCUT2D eigenvalue weighted by atomic mass is 9.95. The highest BCUT2D eigenvalue weighted by atomic mass is 35.5. The zero-order chi connectivity index (χ0) is 22.4. The number of benzene rings is 2. The lowest BCUT2D eigenvalue weighted by molar-refractivity contribution is -0.702. The second kappa shape index (κ2) is 11.4. The molecule has 1 heterocycles. The third-order valence-electron chi connectivity index (χ3n) is 5.33. The van der Waals surface area contributed by atoms with Gasteiger partial charge >= 0.3 is 5.97 Å². The van der Waals surface area contributed by atoms with Crippen molar-refractivity contribution in [1.29, 1.82) is 0 Å². The maximum absolute atomic E-state index is 13.5. The Bertz CT molecular complexity index is 1030. The van der Waals surface area contributed by atoms with Crippen LogP contribution in [0.3, 0.4) is 0 Å². The van der Waals surface area contributed by atoms with E-state index in [0.717, 1.165) is 5.56 Å². The van der Waals surface area contributed by atoms with Crippen LogP contribution in [0.25, 0.3) is 0 Å². The summed E-state index contributed by atoms with van der Waals surface area (Å²) in [5.74, 6) is -0.497. The third kappa shape index (κ3) is 5.83. The fourth-order valence-corrected chi connectivity index (χ4v) is 5.80. The molecule has 9 nitrogen and oxygen atoms in total. The highest BCUT2D eigenvalue weighted by Crippen LogP contribution is 2.29. The highest BCUT2D eigenvalue weighted by Gasteiger charge is 2.44. The maximum Gasteiger partial charge on any atom is 0.307 e. The minimum Gasteiger partial charge on any atom is -1.00 e. The van der Waals surface area contributed by atoms with E-state index in [4.69, 9.17) is 4.74 Å². The van der Waals surface area contributed by atoms with Crippen LogP contribution < -0.4 is 17.7 Å². The fourth-order valence-electron chi connectivity index (χ4n) is 3.95. The molecular formula is C21H26ClN3O6S. The normalized spacial score (nSPS) is 19.0. The van der Waals surface area contributed by atoms with Crippen LogP contribution in [0, 0.1) is 10.1 Å². The number of piperazine rings is 1. The number of nitro benzene ring substituents is 1. The Hall–Kier alpha value is -2.53. The number of carbonyl (C=O) groups excluding carboxylic acids is 1. The van der Waals surface area contributed by atoms with Gasteiger partial charge in [-0.2, -0.15) is 4.31 Å². The Balaban J connectivity index is 0.00000363. The van der Waals surface area contributed by atoms with Crippen LogP contribution in [0.4, 0.5) is 5.69 Å². The lowest BCUT2D eigenvalue weighted by Crippen LogP contribution is -3.00. The van der Waals surface area contributed by atoms with Crippen molar-refractivity contribution in [2.75, 3.05) is 19.7 Å². The molecule has 2 aromatic rings. The molecule has 0 aliphatic carbocycles. The average molecular weight is 484 g/mol. The molecular weight excluding hydrogens is 458 g/mol. The zero-order valence-corrected chi connectivity index (χ0v) is 19.2. The Morgan fingerprint density at radius 3 is 2.50 bits per heavy atom. The maximum atomic E-state index is 13.5. The van der Waals surface area contributed by atoms with Crippen molar-refractivity contribution >= 4 is 21.7 Å². The van der Waals surface area contributed by atoms with Gasteiger partial charge in [0, 0.05) is 12.5 Å². The summed E-state index contributed by atoms with van der Waals surface area (Å²) in [5, 5.41) is 13.5. The number of esters is 1. The van der Waals surface area contributed by atoms with E-state index in [2.05, 4.69) is 0 Å². The van der Waals surface area contributed by atoms with E-state index >= 15 is 0 Å². The first-order chi connectivity index (χ1) is 14.8. The molecule has 0 saturated carbocycles. The van der Waals surface area contributed by atoms with E-state index in [1.54, 1.807) is 6.92 Å². The largest absolute Gasteiger partial charge is 1.00 e. The number of hydrogen-bond donors (Lipinski definition) is 1. The van der Waals surface area contributed by atoms with Crippen molar-refractivity contribution in [3.8, 4) is 0 Å². The minimum atomic E-state index is -4.21. The van der Waals surface area contributed by atoms with Gasteiger partial charge in [-0.3, -0.25) is 14.9 Å². The van der Waals surface area contributed by atoms with Gasteiger partial charge in [-0.25, -0.2) is 8.42 Å². The van der Waals surface area contributed by atoms with E-state index in [-0.39, 0.29) is 42.9 Å². The second-order valence-electron chi connectivity index (χ2n) is 7.30. The van der Waals surface area contributed by atoms with Crippen LogP contribution in [-0.2, 0) is 26.0 Å². The van der Waals surface area contributed by atoms with E-state index in [0.29, 0.717) is 13.0 Å². The van der Waals surface area contributed by atoms with E-state index in [1.165, 1.54) is 28.6 Å². The SMILES string of the molecule is CCOC(=O)C[C@H]1[C@@H](Cc2ccccc2)[NH2+]CCN1S(=O)(=O)c1ccccc1[N+](=O)[O-].[Cl-]. The number of sulfonamides is 1. The quantitative estimate of drug-likeness (QED) is 0.266. The number of nitrogens with two attached hydrogens (primary N) is 1. The monoisotopic (exact) mass is 483 g/mol. The number of hydrogen-bond acceptors (Lipinski definition) is 6. The van der Waals surface area contributed by atoms with Crippen molar-refractivity contribution in [2.45, 2.75) is 36.7 Å². The number of nitrogens with zero attached hydrogens (tertiary/aromatic N) is 2. The van der Waals surface area contributed by atoms with Gasteiger partial charge < -0.3 is 22.5 Å². The summed E-state index contributed by atoms with van der Waals surface area (Å²) in [5.41, 5.74) is 0.536. The minimum absolute atomic E-state index is 0. The number of para-hydroxylation sites is 1. The van der Waals surface area contributed by atoms with Gasteiger partial charge in [0.2, 0.25) is 0 Å². The number of nitro groups is 1. The van der Waals surface area contributed by atoms with E-state index in [9.17, 15) is 23.3 Å². The van der Waals surface area contributed by atoms with Crippen LogP contribution in [0.5, 0.6) is 0 Å². The van der Waals surface area contributed by atoms with E-state index < -0.39 is 32.6 Å². The summed E-state index contributed by atoms with van der Waals surface area (Å²) in [7, 11) is -4.21. The molecule has 0 spiro atoms. The fraction of sp³-hybridized carbons (Fsp3) is 0.381. The number of halogens is 1. The Morgan fingerprint density at radius 2 is 1.84 bits per heavy atom. The molecule has 11 heteroatoms. The standard InChI is InChI=1S/C21H25N3O6S.ClH/c1-2-30-21(25)15-19-17(14-16-8-4-3-5-9-16)22-12-13-23(19)31(28,29)20-11-7-6-10-18(20)24(26)27;/h3-11,17,19,22H,2,12-15H2,1H3;1H/t17-,19+;/m1./s1. The molecule has 1 fully saturated rings. The first-order valence-corrected chi connectivity index (χ1v) is 11.6. The van der Waals surface area contributed by atoms with Gasteiger partial charge in [-0.1, -0.05) is 42.5 Å². The number of rotatable bonds is 8. The van der Waals surface area contributed by atoms with Crippen LogP contribution in [0.2, 0.25) is 0 Å². The number of quaternary nitrogens is 1. The molecule has 2 N–H and O–H groups in total. The summed E-state index contributed by atoms with van der Waals surface area (Å²) < 4.78 is 33.4. The van der Waals surface area contributed by atoms with Crippen molar-refractivity contribution in [1.82, 2.24) is 4.31 Å². The Morgan fingerprint density at radius 1 is 1.19 bits per heavy atom. The Kier molecular flexibility index (Phi) is 9.14. The summed E-state index contributed by atoms with van der Waals surface area (Å²) in [4.78, 5) is 22.7. The Labute approximate surface area is 193 Å². The van der Waals surface area contributed by atoms with Crippen LogP contribution in [0.15, 0.2) is 59.5 Å². The van der Waals surface area contributed by atoms with E-state index in [1.807, 2.05) is 35.6 Å². The summed E-state index contributed by atoms with van der Waals surface area (Å²) in [6.45, 7) is 2.50. The average Bonchev–Trinajstić information content (AvgIpc) is 2.75. The zero-order valence-electron chi connectivity index (χ0n) is 17.6. The molecule has 0 aromatic heterocycles. The summed E-state index contributed by atoms with van der Waals surface area (Å²) in [6.07, 6.45) is 0.426. The van der Waals surface area contributed by atoms with Gasteiger partial charge in [0.05, 0.1) is 37.1 Å². The molecule has 0 bridgehead atoms. The smallest absolute Gasteiger partial charge is 0.307 e. The molecule has 2 atom stereocenters. The van der Waals surface area contributed by atoms with Gasteiger partial charge in [-0.15, -0.1) is 0 Å². The molecule has 0 amide bonds. The van der Waals surface area contributed by atoms with Crippen LogP contribution in [-0.4, -0.2) is 55.4 Å². The first-order valence-electron chi connectivity index (χ1n) is 10.1. The summed E-state index contributed by atoms with van der Waals surface area (Å²) in [6, 6.07) is 14.0. The molecule has 32 heavy (non-hydrogen) atoms. The topological polar surface area (TPSA) is 123 Å². The number of ether oxygens (including phenoxy) is 1. The third-order valence-corrected chi connectivity index (χ3v) is 7.30. The van der Waals surface area contributed by atoms with Gasteiger partial charge in [0.1, 0.15) is 6.04 Å². The highest BCUT2D eigenvalue weighted by molar-refractivity contribution is 7.89.